The summed E-state index contributed by atoms with van der Waals surface area (Å²) in [6.07, 6.45) is 1.72. The van der Waals surface area contributed by atoms with Crippen molar-refractivity contribution in [3.8, 4) is 10.4 Å². The van der Waals surface area contributed by atoms with Gasteiger partial charge in [-0.3, -0.25) is 4.79 Å². The van der Waals surface area contributed by atoms with Crippen molar-refractivity contribution in [2.45, 2.75) is 25.9 Å². The Kier molecular flexibility index (Phi) is 6.25. The van der Waals surface area contributed by atoms with Crippen LogP contribution in [-0.2, 0) is 27.1 Å². The average Bonchev–Trinajstić information content (AvgIpc) is 3.16. The Morgan fingerprint density at radius 2 is 1.94 bits per heavy atom. The lowest BCUT2D eigenvalue weighted by Crippen LogP contribution is -2.30. The second-order valence-corrected chi connectivity index (χ2v) is 8.57. The maximum atomic E-state index is 12.8. The zero-order chi connectivity index (χ0) is 22.8. The van der Waals surface area contributed by atoms with E-state index in [-0.39, 0.29) is 10.7 Å². The number of aryl methyl sites for hydroxylation is 1. The van der Waals surface area contributed by atoms with E-state index < -0.39 is 23.9 Å². The molecule has 0 fully saturated rings. The summed E-state index contributed by atoms with van der Waals surface area (Å²) in [7, 11) is 1.30. The number of rotatable bonds is 5. The van der Waals surface area contributed by atoms with Crippen molar-refractivity contribution in [2.75, 3.05) is 12.4 Å². The molecular weight excluding hydrogens is 452 g/mol. The number of hydrogen-bond donors (Lipinski definition) is 1. The number of halogens is 1. The molecule has 0 saturated carbocycles. The number of amides is 1. The van der Waals surface area contributed by atoms with Gasteiger partial charge in [0.05, 0.1) is 18.2 Å². The van der Waals surface area contributed by atoms with Crippen LogP contribution in [-0.4, -0.2) is 36.0 Å². The van der Waals surface area contributed by atoms with Crippen LogP contribution in [0.15, 0.2) is 42.6 Å². The minimum Gasteiger partial charge on any atom is -0.465 e. The number of fused-ring (bicyclic) bond motifs is 3. The van der Waals surface area contributed by atoms with Crippen LogP contribution in [0.2, 0.25) is 5.15 Å². The van der Waals surface area contributed by atoms with Crippen molar-refractivity contribution in [3.05, 3.63) is 70.0 Å². The molecule has 1 amide bonds. The lowest BCUT2D eigenvalue weighted by Gasteiger charge is -2.16. The van der Waals surface area contributed by atoms with Crippen LogP contribution in [0, 0.1) is 0 Å². The molecule has 0 bridgehead atoms. The molecular formula is C23H19ClN2O5S. The van der Waals surface area contributed by atoms with Crippen LogP contribution in [0.1, 0.15) is 38.8 Å². The van der Waals surface area contributed by atoms with Gasteiger partial charge < -0.3 is 14.8 Å². The van der Waals surface area contributed by atoms with E-state index in [0.717, 1.165) is 22.4 Å². The van der Waals surface area contributed by atoms with E-state index in [9.17, 15) is 14.4 Å². The second-order valence-electron chi connectivity index (χ2n) is 7.17. The van der Waals surface area contributed by atoms with Crippen LogP contribution in [0.5, 0.6) is 0 Å². The molecule has 1 aliphatic carbocycles. The molecule has 7 nitrogen and oxygen atoms in total. The summed E-state index contributed by atoms with van der Waals surface area (Å²) in [6.45, 7) is 1.46. The minimum atomic E-state index is -1.11. The lowest BCUT2D eigenvalue weighted by atomic mass is 9.89. The standard InChI is InChI=1S/C23H19ClN2O5S/c1-12(31-22(28)14-9-10-25-17(24)11-14)20(27)26-21-18(23(29)30-2)16-8-7-13-5-3-4-6-15(13)19(16)32-21/h3-6,9-12H,7-8H2,1-2H3,(H,26,27). The highest BCUT2D eigenvalue weighted by Crippen LogP contribution is 2.45. The van der Waals surface area contributed by atoms with Crippen molar-refractivity contribution in [1.29, 1.82) is 0 Å². The van der Waals surface area contributed by atoms with Crippen LogP contribution < -0.4 is 5.32 Å². The number of carbonyl (C=O) groups is 3. The third-order valence-electron chi connectivity index (χ3n) is 5.15. The number of aromatic nitrogens is 1. The Morgan fingerprint density at radius 3 is 2.69 bits per heavy atom. The van der Waals surface area contributed by atoms with Crippen LogP contribution in [0.25, 0.3) is 10.4 Å². The number of anilines is 1. The molecule has 1 N–H and O–H groups in total. The predicted octanol–water partition coefficient (Wildman–Crippen LogP) is 4.53. The molecule has 4 rings (SSSR count). The maximum Gasteiger partial charge on any atom is 0.341 e. The summed E-state index contributed by atoms with van der Waals surface area (Å²) in [5.41, 5.74) is 3.61. The number of nitrogens with zero attached hydrogens (tertiary/aromatic N) is 1. The fourth-order valence-corrected chi connectivity index (χ4v) is 5.05. The number of esters is 2. The first-order chi connectivity index (χ1) is 15.4. The molecule has 0 radical (unpaired) electrons. The smallest absolute Gasteiger partial charge is 0.341 e. The molecule has 0 aliphatic heterocycles. The summed E-state index contributed by atoms with van der Waals surface area (Å²) in [6, 6.07) is 10.8. The lowest BCUT2D eigenvalue weighted by molar-refractivity contribution is -0.123. The van der Waals surface area contributed by atoms with Crippen molar-refractivity contribution in [2.24, 2.45) is 0 Å². The third-order valence-corrected chi connectivity index (χ3v) is 6.54. The van der Waals surface area contributed by atoms with E-state index in [1.54, 1.807) is 0 Å². The van der Waals surface area contributed by atoms with Gasteiger partial charge in [-0.15, -0.1) is 11.3 Å². The fourth-order valence-electron chi connectivity index (χ4n) is 3.57. The van der Waals surface area contributed by atoms with Gasteiger partial charge in [-0.25, -0.2) is 14.6 Å². The number of carbonyl (C=O) groups excluding carboxylic acids is 3. The number of benzene rings is 1. The van der Waals surface area contributed by atoms with Crippen molar-refractivity contribution in [3.63, 3.8) is 0 Å². The molecule has 9 heteroatoms. The van der Waals surface area contributed by atoms with Crippen LogP contribution in [0.4, 0.5) is 5.00 Å². The molecule has 32 heavy (non-hydrogen) atoms. The predicted molar refractivity (Wildman–Crippen MR) is 121 cm³/mol. The number of thiophene rings is 1. The summed E-state index contributed by atoms with van der Waals surface area (Å²) in [4.78, 5) is 42.4. The number of hydrogen-bond acceptors (Lipinski definition) is 7. The van der Waals surface area contributed by atoms with E-state index in [0.29, 0.717) is 17.0 Å². The molecule has 1 atom stereocenters. The van der Waals surface area contributed by atoms with Crippen LogP contribution >= 0.6 is 22.9 Å². The molecule has 2 aromatic heterocycles. The van der Waals surface area contributed by atoms with Crippen molar-refractivity contribution >= 4 is 45.8 Å². The SMILES string of the molecule is COC(=O)c1c(NC(=O)C(C)OC(=O)c2ccnc(Cl)c2)sc2c1CCc1ccccc1-2. The third kappa shape index (κ3) is 4.24. The number of nitrogens with one attached hydrogen (secondary N) is 1. The van der Waals surface area contributed by atoms with Gasteiger partial charge in [0.1, 0.15) is 10.2 Å². The molecule has 1 unspecified atom stereocenters. The Hall–Kier alpha value is -3.23. The zero-order valence-electron chi connectivity index (χ0n) is 17.3. The number of pyridine rings is 1. The fraction of sp³-hybridized carbons (Fsp3) is 0.217. The zero-order valence-corrected chi connectivity index (χ0v) is 18.9. The van der Waals surface area contributed by atoms with E-state index in [1.807, 2.05) is 18.2 Å². The van der Waals surface area contributed by atoms with Gasteiger partial charge in [0.25, 0.3) is 5.91 Å². The van der Waals surface area contributed by atoms with E-state index in [2.05, 4.69) is 16.4 Å². The molecule has 1 aliphatic rings. The monoisotopic (exact) mass is 470 g/mol. The summed E-state index contributed by atoms with van der Waals surface area (Å²) in [5.74, 6) is -1.78. The Bertz CT molecular complexity index is 1220. The number of methoxy groups -OCH3 is 1. The Labute approximate surface area is 193 Å². The van der Waals surface area contributed by atoms with Gasteiger partial charge in [0.2, 0.25) is 0 Å². The highest BCUT2D eigenvalue weighted by molar-refractivity contribution is 7.20. The Morgan fingerprint density at radius 1 is 1.16 bits per heavy atom. The first kappa shape index (κ1) is 22.0. The second kappa shape index (κ2) is 9.10. The normalized spacial score (nSPS) is 12.8. The van der Waals surface area contributed by atoms with Gasteiger partial charge in [-0.1, -0.05) is 35.9 Å². The van der Waals surface area contributed by atoms with Gasteiger partial charge in [0, 0.05) is 11.1 Å². The first-order valence-electron chi connectivity index (χ1n) is 9.84. The molecule has 1 aromatic carbocycles. The number of ether oxygens (including phenoxy) is 2. The van der Waals surface area contributed by atoms with E-state index in [4.69, 9.17) is 21.1 Å². The summed E-state index contributed by atoms with van der Waals surface area (Å²) >= 11 is 7.11. The van der Waals surface area contributed by atoms with Crippen molar-refractivity contribution in [1.82, 2.24) is 4.98 Å². The van der Waals surface area contributed by atoms with Gasteiger partial charge in [-0.05, 0) is 48.6 Å². The van der Waals surface area contributed by atoms with E-state index in [1.165, 1.54) is 49.3 Å². The summed E-state index contributed by atoms with van der Waals surface area (Å²) < 4.78 is 10.2. The topological polar surface area (TPSA) is 94.6 Å². The average molecular weight is 471 g/mol. The van der Waals surface area contributed by atoms with Gasteiger partial charge >= 0.3 is 11.9 Å². The van der Waals surface area contributed by atoms with E-state index >= 15 is 0 Å². The highest BCUT2D eigenvalue weighted by Gasteiger charge is 2.30. The molecule has 3 aromatic rings. The molecule has 0 spiro atoms. The van der Waals surface area contributed by atoms with Crippen LogP contribution in [0.3, 0.4) is 0 Å². The minimum absolute atomic E-state index is 0.142. The highest BCUT2D eigenvalue weighted by atomic mass is 35.5. The van der Waals surface area contributed by atoms with Crippen molar-refractivity contribution < 1.29 is 23.9 Å². The molecule has 2 heterocycles. The first-order valence-corrected chi connectivity index (χ1v) is 11.0. The summed E-state index contributed by atoms with van der Waals surface area (Å²) in [5, 5.41) is 3.26. The largest absolute Gasteiger partial charge is 0.465 e. The molecule has 0 saturated heterocycles. The van der Waals surface area contributed by atoms with Gasteiger partial charge in [-0.2, -0.15) is 0 Å². The maximum absolute atomic E-state index is 12.8. The quantitative estimate of drug-likeness (QED) is 0.434. The Balaban J connectivity index is 1.59. The molecule has 164 valence electrons. The van der Waals surface area contributed by atoms with Gasteiger partial charge in [0.15, 0.2) is 6.10 Å².